The lowest BCUT2D eigenvalue weighted by molar-refractivity contribution is -0.188. The van der Waals surface area contributed by atoms with Crippen molar-refractivity contribution in [3.63, 3.8) is 0 Å². The van der Waals surface area contributed by atoms with Gasteiger partial charge in [-0.15, -0.1) is 10.2 Å². The van der Waals surface area contributed by atoms with E-state index in [-0.39, 0.29) is 18.2 Å². The van der Waals surface area contributed by atoms with E-state index < -0.39 is 0 Å². The van der Waals surface area contributed by atoms with E-state index in [1.165, 1.54) is 6.33 Å². The average Bonchev–Trinajstić information content (AvgIpc) is 3.71. The average molecular weight is 508 g/mol. The molecule has 38 heavy (non-hydrogen) atoms. The highest BCUT2D eigenvalue weighted by atomic mass is 16.7. The number of aromatic nitrogens is 6. The van der Waals surface area contributed by atoms with Gasteiger partial charge in [-0.2, -0.15) is 5.26 Å². The third kappa shape index (κ3) is 6.16. The first-order valence-corrected chi connectivity index (χ1v) is 12.3. The highest BCUT2D eigenvalue weighted by Gasteiger charge is 2.21. The molecule has 0 radical (unpaired) electrons. The zero-order valence-corrected chi connectivity index (χ0v) is 20.9. The van der Waals surface area contributed by atoms with Gasteiger partial charge in [0.1, 0.15) is 30.0 Å². The monoisotopic (exact) mass is 507 g/mol. The normalized spacial score (nSPS) is 15.5. The summed E-state index contributed by atoms with van der Waals surface area (Å²) in [6.07, 6.45) is 7.87. The molecule has 0 N–H and O–H groups in total. The first kappa shape index (κ1) is 25.0. The summed E-state index contributed by atoms with van der Waals surface area (Å²) in [4.78, 5) is 4.49. The minimum atomic E-state index is -0.198. The number of nitrogens with zero attached hydrogens (tertiary/aromatic N) is 7. The summed E-state index contributed by atoms with van der Waals surface area (Å²) >= 11 is 0. The second kappa shape index (κ2) is 12.0. The van der Waals surface area contributed by atoms with Crippen molar-refractivity contribution in [2.45, 2.75) is 51.7 Å². The molecule has 5 rings (SSSR count). The van der Waals surface area contributed by atoms with Gasteiger partial charge in [0.25, 0.3) is 0 Å². The third-order valence-electron chi connectivity index (χ3n) is 5.99. The van der Waals surface area contributed by atoms with Crippen LogP contribution in [0.4, 0.5) is 0 Å². The van der Waals surface area contributed by atoms with E-state index in [1.807, 2.05) is 54.1 Å². The molecule has 0 amide bonds. The summed E-state index contributed by atoms with van der Waals surface area (Å²) < 4.78 is 21.0. The van der Waals surface area contributed by atoms with Crippen molar-refractivity contribution < 1.29 is 14.0 Å². The maximum atomic E-state index is 8.93. The Bertz CT molecular complexity index is 1530. The molecule has 0 aliphatic carbocycles. The summed E-state index contributed by atoms with van der Waals surface area (Å²) in [7, 11) is 0. The number of imidazole rings is 1. The molecule has 10 heteroatoms. The minimum Gasteiger partial charge on any atom is -0.356 e. The molecule has 4 heterocycles. The summed E-state index contributed by atoms with van der Waals surface area (Å²) in [6.45, 7) is 3.55. The van der Waals surface area contributed by atoms with E-state index in [0.29, 0.717) is 18.8 Å². The van der Waals surface area contributed by atoms with Crippen LogP contribution in [0.25, 0.3) is 11.3 Å². The Morgan fingerprint density at radius 1 is 1.18 bits per heavy atom. The lowest BCUT2D eigenvalue weighted by Crippen LogP contribution is -2.24. The van der Waals surface area contributed by atoms with Gasteiger partial charge in [0.2, 0.25) is 5.82 Å². The molecule has 1 aliphatic rings. The second-order valence-electron chi connectivity index (χ2n) is 8.69. The minimum absolute atomic E-state index is 0.181. The van der Waals surface area contributed by atoms with Crippen molar-refractivity contribution in [3.8, 4) is 41.1 Å². The van der Waals surface area contributed by atoms with Crippen molar-refractivity contribution in [1.82, 2.24) is 29.5 Å². The standard InChI is InChI=1S/C28H25N7O3/c1-21(37-27-8-4-6-16-36-27)28-30-13-15-34(28)19-24-17-25(38-33-24)23-11-9-22(10-12-23)7-3-2-5-14-35-20-31-32-26(35)18-29/h9-13,15,17,20-21,27H,4,6,8,14,16,19H2,1H3/t21-,27?/m0/s1. The fourth-order valence-corrected chi connectivity index (χ4v) is 4.06. The molecule has 1 aliphatic heterocycles. The van der Waals surface area contributed by atoms with Crippen molar-refractivity contribution in [1.29, 1.82) is 5.26 Å². The van der Waals surface area contributed by atoms with Crippen molar-refractivity contribution in [2.75, 3.05) is 6.61 Å². The van der Waals surface area contributed by atoms with Crippen LogP contribution in [0.15, 0.2) is 53.6 Å². The summed E-state index contributed by atoms with van der Waals surface area (Å²) in [5.74, 6) is 13.2. The maximum absolute atomic E-state index is 8.93. The summed E-state index contributed by atoms with van der Waals surface area (Å²) in [5, 5.41) is 20.5. The van der Waals surface area contributed by atoms with Gasteiger partial charge in [0.15, 0.2) is 12.1 Å². The number of rotatable bonds is 7. The predicted molar refractivity (Wildman–Crippen MR) is 136 cm³/mol. The van der Waals surface area contributed by atoms with Crippen LogP contribution in [0.5, 0.6) is 0 Å². The number of nitriles is 1. The quantitative estimate of drug-likeness (QED) is 0.348. The molecule has 0 bridgehead atoms. The molecule has 1 fully saturated rings. The van der Waals surface area contributed by atoms with E-state index >= 15 is 0 Å². The Morgan fingerprint density at radius 3 is 2.89 bits per heavy atom. The van der Waals surface area contributed by atoms with Crippen molar-refractivity contribution >= 4 is 0 Å². The van der Waals surface area contributed by atoms with Gasteiger partial charge in [-0.1, -0.05) is 17.0 Å². The van der Waals surface area contributed by atoms with Crippen LogP contribution < -0.4 is 0 Å². The van der Waals surface area contributed by atoms with E-state index in [9.17, 15) is 0 Å². The molecule has 10 nitrogen and oxygen atoms in total. The van der Waals surface area contributed by atoms with Gasteiger partial charge < -0.3 is 18.6 Å². The largest absolute Gasteiger partial charge is 0.356 e. The van der Waals surface area contributed by atoms with Gasteiger partial charge in [0, 0.05) is 36.2 Å². The Kier molecular flexibility index (Phi) is 7.91. The molecule has 0 spiro atoms. The van der Waals surface area contributed by atoms with Crippen LogP contribution in [0.3, 0.4) is 0 Å². The molecule has 1 saturated heterocycles. The van der Waals surface area contributed by atoms with Gasteiger partial charge in [-0.05, 0) is 62.3 Å². The Balaban J connectivity index is 1.18. The molecule has 0 saturated carbocycles. The molecular formula is C28H25N7O3. The summed E-state index contributed by atoms with van der Waals surface area (Å²) in [6, 6.07) is 11.5. The Labute approximate surface area is 220 Å². The zero-order chi connectivity index (χ0) is 26.2. The Hall–Kier alpha value is -4.69. The topological polar surface area (TPSA) is 117 Å². The third-order valence-corrected chi connectivity index (χ3v) is 5.99. The fraction of sp³-hybridized carbons (Fsp3) is 0.321. The predicted octanol–water partition coefficient (Wildman–Crippen LogP) is 3.71. The number of ether oxygens (including phenoxy) is 2. The van der Waals surface area contributed by atoms with Crippen LogP contribution in [0.1, 0.15) is 55.2 Å². The molecule has 2 atom stereocenters. The van der Waals surface area contributed by atoms with Gasteiger partial charge in [-0.3, -0.25) is 4.57 Å². The van der Waals surface area contributed by atoms with E-state index in [0.717, 1.165) is 48.5 Å². The lowest BCUT2D eigenvalue weighted by atomic mass is 10.1. The number of hydrogen-bond donors (Lipinski definition) is 0. The van der Waals surface area contributed by atoms with Crippen LogP contribution in [-0.4, -0.2) is 42.4 Å². The Morgan fingerprint density at radius 2 is 2.08 bits per heavy atom. The van der Waals surface area contributed by atoms with Crippen LogP contribution in [-0.2, 0) is 22.6 Å². The molecular weight excluding hydrogens is 482 g/mol. The molecule has 1 aromatic carbocycles. The summed E-state index contributed by atoms with van der Waals surface area (Å²) in [5.41, 5.74) is 2.50. The van der Waals surface area contributed by atoms with Crippen LogP contribution in [0.2, 0.25) is 0 Å². The number of hydrogen-bond acceptors (Lipinski definition) is 8. The first-order chi connectivity index (χ1) is 18.7. The maximum Gasteiger partial charge on any atom is 0.235 e. The first-order valence-electron chi connectivity index (χ1n) is 12.3. The van der Waals surface area contributed by atoms with E-state index in [2.05, 4.69) is 44.0 Å². The molecule has 1 unspecified atom stereocenters. The molecule has 3 aromatic heterocycles. The second-order valence-corrected chi connectivity index (χ2v) is 8.69. The van der Waals surface area contributed by atoms with Crippen molar-refractivity contribution in [3.05, 3.63) is 72.0 Å². The highest BCUT2D eigenvalue weighted by Crippen LogP contribution is 2.25. The smallest absolute Gasteiger partial charge is 0.235 e. The van der Waals surface area contributed by atoms with Crippen LogP contribution in [0, 0.1) is 35.0 Å². The molecule has 190 valence electrons. The molecule has 4 aromatic rings. The van der Waals surface area contributed by atoms with Gasteiger partial charge in [0.05, 0.1) is 13.1 Å². The van der Waals surface area contributed by atoms with Gasteiger partial charge >= 0.3 is 0 Å². The van der Waals surface area contributed by atoms with Crippen molar-refractivity contribution in [2.24, 2.45) is 0 Å². The van der Waals surface area contributed by atoms with Crippen LogP contribution >= 0.6 is 0 Å². The number of benzene rings is 1. The van der Waals surface area contributed by atoms with E-state index in [1.54, 1.807) is 10.8 Å². The fourth-order valence-electron chi connectivity index (χ4n) is 4.06. The lowest BCUT2D eigenvalue weighted by Gasteiger charge is -2.26. The van der Waals surface area contributed by atoms with Gasteiger partial charge in [-0.25, -0.2) is 4.98 Å². The van der Waals surface area contributed by atoms with E-state index in [4.69, 9.17) is 19.3 Å². The SMILES string of the molecule is C[C@H](OC1CCCCO1)c1nccn1Cc1cc(-c2ccc(C#CC#CCn3cnnc3C#N)cc2)on1. The highest BCUT2D eigenvalue weighted by molar-refractivity contribution is 5.59. The zero-order valence-electron chi connectivity index (χ0n) is 20.9.